The second-order valence-electron chi connectivity index (χ2n) is 6.08. The summed E-state index contributed by atoms with van der Waals surface area (Å²) in [6, 6.07) is 9.45. The van der Waals surface area contributed by atoms with Gasteiger partial charge in [0.1, 0.15) is 5.76 Å². The third-order valence-corrected chi connectivity index (χ3v) is 3.43. The number of carbonyl (C=O) groups is 1. The lowest BCUT2D eigenvalue weighted by Crippen LogP contribution is -2.13. The van der Waals surface area contributed by atoms with E-state index in [1.54, 1.807) is 12.1 Å². The first-order valence-electron chi connectivity index (χ1n) is 6.77. The Labute approximate surface area is 119 Å². The SMILES string of the molecule is Cc1ccc(C(C)(C)C)cc1C(=O)c1ccc(CN)o1. The second-order valence-corrected chi connectivity index (χ2v) is 6.08. The van der Waals surface area contributed by atoms with Crippen molar-refractivity contribution in [3.63, 3.8) is 0 Å². The summed E-state index contributed by atoms with van der Waals surface area (Å²) < 4.78 is 5.45. The summed E-state index contributed by atoms with van der Waals surface area (Å²) in [6.45, 7) is 8.63. The van der Waals surface area contributed by atoms with Gasteiger partial charge in [0.25, 0.3) is 0 Å². The summed E-state index contributed by atoms with van der Waals surface area (Å²) in [6.07, 6.45) is 0. The zero-order valence-corrected chi connectivity index (χ0v) is 12.5. The number of carbonyl (C=O) groups excluding carboxylic acids is 1. The number of hydrogen-bond donors (Lipinski definition) is 1. The van der Waals surface area contributed by atoms with Crippen LogP contribution in [0.25, 0.3) is 0 Å². The van der Waals surface area contributed by atoms with E-state index in [2.05, 4.69) is 26.8 Å². The lowest BCUT2D eigenvalue weighted by Gasteiger charge is -2.20. The van der Waals surface area contributed by atoms with E-state index in [0.29, 0.717) is 23.6 Å². The molecule has 2 rings (SSSR count). The summed E-state index contributed by atoms with van der Waals surface area (Å²) in [5, 5.41) is 0. The molecular formula is C17H21NO2. The maximum absolute atomic E-state index is 12.5. The Morgan fingerprint density at radius 2 is 1.90 bits per heavy atom. The molecular weight excluding hydrogens is 250 g/mol. The van der Waals surface area contributed by atoms with Crippen LogP contribution in [0, 0.1) is 6.92 Å². The van der Waals surface area contributed by atoms with Crippen LogP contribution in [-0.4, -0.2) is 5.78 Å². The predicted molar refractivity (Wildman–Crippen MR) is 79.9 cm³/mol. The van der Waals surface area contributed by atoms with Crippen LogP contribution in [0.1, 0.15) is 53.8 Å². The number of ketones is 1. The van der Waals surface area contributed by atoms with Crippen molar-refractivity contribution in [3.05, 3.63) is 58.5 Å². The highest BCUT2D eigenvalue weighted by molar-refractivity contribution is 6.08. The molecule has 0 saturated heterocycles. The fraction of sp³-hybridized carbons (Fsp3) is 0.353. The topological polar surface area (TPSA) is 56.2 Å². The van der Waals surface area contributed by atoms with Crippen molar-refractivity contribution >= 4 is 5.78 Å². The summed E-state index contributed by atoms with van der Waals surface area (Å²) >= 11 is 0. The van der Waals surface area contributed by atoms with E-state index in [4.69, 9.17) is 10.2 Å². The molecule has 2 N–H and O–H groups in total. The summed E-state index contributed by atoms with van der Waals surface area (Å²) in [5.74, 6) is 0.880. The highest BCUT2D eigenvalue weighted by Gasteiger charge is 2.20. The molecule has 1 aromatic carbocycles. The van der Waals surface area contributed by atoms with E-state index in [9.17, 15) is 4.79 Å². The van der Waals surface area contributed by atoms with Gasteiger partial charge in [0.2, 0.25) is 5.78 Å². The summed E-state index contributed by atoms with van der Waals surface area (Å²) in [5.41, 5.74) is 8.30. The van der Waals surface area contributed by atoms with Crippen LogP contribution < -0.4 is 5.73 Å². The fourth-order valence-electron chi connectivity index (χ4n) is 2.08. The highest BCUT2D eigenvalue weighted by atomic mass is 16.3. The Balaban J connectivity index is 2.43. The maximum Gasteiger partial charge on any atom is 0.228 e. The van der Waals surface area contributed by atoms with Crippen LogP contribution in [0.2, 0.25) is 0 Å². The van der Waals surface area contributed by atoms with Gasteiger partial charge in [0.05, 0.1) is 6.54 Å². The average molecular weight is 271 g/mol. The average Bonchev–Trinajstić information content (AvgIpc) is 2.86. The van der Waals surface area contributed by atoms with Gasteiger partial charge in [0.15, 0.2) is 5.76 Å². The predicted octanol–water partition coefficient (Wildman–Crippen LogP) is 3.58. The number of benzene rings is 1. The molecule has 20 heavy (non-hydrogen) atoms. The standard InChI is InChI=1S/C17H21NO2/c1-11-5-6-12(17(2,3)4)9-14(11)16(19)15-8-7-13(10-18)20-15/h5-9H,10,18H2,1-4H3. The smallest absolute Gasteiger partial charge is 0.228 e. The van der Waals surface area contributed by atoms with E-state index in [-0.39, 0.29) is 11.2 Å². The molecule has 3 nitrogen and oxygen atoms in total. The van der Waals surface area contributed by atoms with Crippen molar-refractivity contribution in [2.75, 3.05) is 0 Å². The first-order valence-corrected chi connectivity index (χ1v) is 6.77. The molecule has 0 bridgehead atoms. The molecule has 0 aliphatic carbocycles. The number of hydrogen-bond acceptors (Lipinski definition) is 3. The largest absolute Gasteiger partial charge is 0.456 e. The van der Waals surface area contributed by atoms with Crippen LogP contribution in [0.5, 0.6) is 0 Å². The van der Waals surface area contributed by atoms with E-state index in [1.165, 1.54) is 0 Å². The van der Waals surface area contributed by atoms with E-state index >= 15 is 0 Å². The Kier molecular flexibility index (Phi) is 3.82. The van der Waals surface area contributed by atoms with Gasteiger partial charge in [-0.25, -0.2) is 0 Å². The Morgan fingerprint density at radius 3 is 2.45 bits per heavy atom. The first kappa shape index (κ1) is 14.5. The van der Waals surface area contributed by atoms with Crippen molar-refractivity contribution in [3.8, 4) is 0 Å². The van der Waals surface area contributed by atoms with Crippen LogP contribution in [0.3, 0.4) is 0 Å². The van der Waals surface area contributed by atoms with Crippen molar-refractivity contribution in [1.29, 1.82) is 0 Å². The molecule has 106 valence electrons. The van der Waals surface area contributed by atoms with Gasteiger partial charge in [-0.2, -0.15) is 0 Å². The molecule has 0 aliphatic rings. The van der Waals surface area contributed by atoms with Gasteiger partial charge >= 0.3 is 0 Å². The van der Waals surface area contributed by atoms with E-state index < -0.39 is 0 Å². The monoisotopic (exact) mass is 271 g/mol. The van der Waals surface area contributed by atoms with Gasteiger partial charge in [-0.3, -0.25) is 4.79 Å². The Bertz CT molecular complexity index is 633. The second kappa shape index (κ2) is 5.25. The summed E-state index contributed by atoms with van der Waals surface area (Å²) in [7, 11) is 0. The molecule has 0 amide bonds. The quantitative estimate of drug-likeness (QED) is 0.868. The minimum atomic E-state index is -0.0895. The molecule has 1 aromatic heterocycles. The zero-order chi connectivity index (χ0) is 14.9. The van der Waals surface area contributed by atoms with Crippen molar-refractivity contribution in [2.24, 2.45) is 5.73 Å². The molecule has 2 aromatic rings. The molecule has 0 radical (unpaired) electrons. The van der Waals surface area contributed by atoms with Crippen molar-refractivity contribution < 1.29 is 9.21 Å². The lowest BCUT2D eigenvalue weighted by atomic mass is 9.84. The molecule has 0 aliphatic heterocycles. The van der Waals surface area contributed by atoms with Gasteiger partial charge < -0.3 is 10.2 Å². The van der Waals surface area contributed by atoms with Crippen molar-refractivity contribution in [2.45, 2.75) is 39.7 Å². The minimum Gasteiger partial charge on any atom is -0.456 e. The molecule has 0 spiro atoms. The Morgan fingerprint density at radius 1 is 1.20 bits per heavy atom. The van der Waals surface area contributed by atoms with Gasteiger partial charge in [0, 0.05) is 5.56 Å². The normalized spacial score (nSPS) is 11.7. The molecule has 0 atom stereocenters. The molecule has 0 saturated carbocycles. The van der Waals surface area contributed by atoms with E-state index in [0.717, 1.165) is 11.1 Å². The lowest BCUT2D eigenvalue weighted by molar-refractivity contribution is 0.101. The van der Waals surface area contributed by atoms with Crippen LogP contribution in [0.4, 0.5) is 0 Å². The van der Waals surface area contributed by atoms with Crippen LogP contribution >= 0.6 is 0 Å². The third kappa shape index (κ3) is 2.83. The molecule has 1 heterocycles. The highest BCUT2D eigenvalue weighted by Crippen LogP contribution is 2.26. The van der Waals surface area contributed by atoms with Crippen molar-refractivity contribution in [1.82, 2.24) is 0 Å². The number of furan rings is 1. The number of aryl methyl sites for hydroxylation is 1. The van der Waals surface area contributed by atoms with Gasteiger partial charge in [-0.15, -0.1) is 0 Å². The molecule has 0 fully saturated rings. The zero-order valence-electron chi connectivity index (χ0n) is 12.5. The summed E-state index contributed by atoms with van der Waals surface area (Å²) in [4.78, 5) is 12.5. The number of nitrogens with two attached hydrogens (primary N) is 1. The third-order valence-electron chi connectivity index (χ3n) is 3.43. The van der Waals surface area contributed by atoms with Gasteiger partial charge in [-0.05, 0) is 41.7 Å². The Hall–Kier alpha value is -1.87. The minimum absolute atomic E-state index is 0.00825. The van der Waals surface area contributed by atoms with Gasteiger partial charge in [-0.1, -0.05) is 32.9 Å². The fourth-order valence-corrected chi connectivity index (χ4v) is 2.08. The maximum atomic E-state index is 12.5. The molecule has 0 unspecified atom stereocenters. The first-order chi connectivity index (χ1) is 9.32. The molecule has 3 heteroatoms. The van der Waals surface area contributed by atoms with Crippen LogP contribution in [0.15, 0.2) is 34.7 Å². The number of rotatable bonds is 3. The van der Waals surface area contributed by atoms with E-state index in [1.807, 2.05) is 19.1 Å². The van der Waals surface area contributed by atoms with Crippen LogP contribution in [-0.2, 0) is 12.0 Å².